The number of aromatic nitrogens is 3. The van der Waals surface area contributed by atoms with E-state index < -0.39 is 17.9 Å². The number of carbonyl (C=O) groups excluding carboxylic acids is 3. The molecule has 148 valence electrons. The number of urea groups is 1. The van der Waals surface area contributed by atoms with Crippen LogP contribution in [-0.2, 0) is 20.7 Å². The van der Waals surface area contributed by atoms with Crippen LogP contribution in [0.1, 0.15) is 19.2 Å². The summed E-state index contributed by atoms with van der Waals surface area (Å²) in [6.45, 7) is 2.00. The summed E-state index contributed by atoms with van der Waals surface area (Å²) in [5.41, 5.74) is 0.597. The van der Waals surface area contributed by atoms with Crippen LogP contribution < -0.4 is 10.6 Å². The number of hydrogen-bond acceptors (Lipinski definition) is 7. The van der Waals surface area contributed by atoms with E-state index in [0.717, 1.165) is 11.8 Å². The topological polar surface area (TPSA) is 115 Å². The third kappa shape index (κ3) is 4.85. The molecule has 3 amide bonds. The van der Waals surface area contributed by atoms with E-state index in [1.807, 2.05) is 0 Å². The number of amides is 3. The second kappa shape index (κ2) is 8.83. The Labute approximate surface area is 164 Å². The molecule has 1 saturated heterocycles. The minimum absolute atomic E-state index is 0.0374. The monoisotopic (exact) mass is 407 g/mol. The van der Waals surface area contributed by atoms with Crippen LogP contribution in [0.4, 0.5) is 9.18 Å². The zero-order chi connectivity index (χ0) is 20.1. The molecular weight excluding hydrogens is 389 g/mol. The average Bonchev–Trinajstić information content (AvgIpc) is 3.02. The van der Waals surface area contributed by atoms with Gasteiger partial charge >= 0.3 is 12.0 Å². The smallest absolute Gasteiger partial charge is 0.321 e. The van der Waals surface area contributed by atoms with Gasteiger partial charge in [0.1, 0.15) is 11.6 Å². The van der Waals surface area contributed by atoms with Gasteiger partial charge in [-0.3, -0.25) is 19.5 Å². The van der Waals surface area contributed by atoms with E-state index in [1.54, 1.807) is 23.6 Å². The van der Waals surface area contributed by atoms with E-state index in [4.69, 9.17) is 4.74 Å². The number of halogens is 1. The first-order chi connectivity index (χ1) is 13.5. The molecule has 0 radical (unpaired) electrons. The molecule has 2 heterocycles. The second-order valence-corrected chi connectivity index (χ2v) is 6.87. The summed E-state index contributed by atoms with van der Waals surface area (Å²) in [4.78, 5) is 34.8. The van der Waals surface area contributed by atoms with Crippen LogP contribution in [0.3, 0.4) is 0 Å². The van der Waals surface area contributed by atoms with Crippen molar-refractivity contribution in [3.05, 3.63) is 35.9 Å². The number of hydrogen-bond donors (Lipinski definition) is 2. The highest BCUT2D eigenvalue weighted by Gasteiger charge is 2.27. The highest BCUT2D eigenvalue weighted by Crippen LogP contribution is 2.23. The molecule has 28 heavy (non-hydrogen) atoms. The number of imide groups is 1. The number of rotatable bonds is 7. The third-order valence-corrected chi connectivity index (χ3v) is 4.76. The molecule has 1 aliphatic heterocycles. The number of nitrogens with one attached hydrogen (secondary N) is 2. The first kappa shape index (κ1) is 19.8. The van der Waals surface area contributed by atoms with Crippen LogP contribution in [0.5, 0.6) is 0 Å². The maximum Gasteiger partial charge on any atom is 0.321 e. The zero-order valence-electron chi connectivity index (χ0n) is 15.0. The van der Waals surface area contributed by atoms with Gasteiger partial charge in [-0.15, -0.1) is 10.2 Å². The molecular formula is C17H18FN5O4S. The van der Waals surface area contributed by atoms with Gasteiger partial charge in [-0.1, -0.05) is 11.8 Å². The second-order valence-electron chi connectivity index (χ2n) is 5.93. The molecule has 2 N–H and O–H groups in total. The third-order valence-electron chi connectivity index (χ3n) is 3.86. The zero-order valence-corrected chi connectivity index (χ0v) is 15.8. The van der Waals surface area contributed by atoms with Crippen molar-refractivity contribution >= 4 is 29.7 Å². The Morgan fingerprint density at radius 2 is 2.07 bits per heavy atom. The fourth-order valence-electron chi connectivity index (χ4n) is 2.72. The van der Waals surface area contributed by atoms with Crippen molar-refractivity contribution in [2.45, 2.75) is 31.0 Å². The largest absolute Gasteiger partial charge is 0.465 e. The minimum atomic E-state index is -0.564. The van der Waals surface area contributed by atoms with Crippen LogP contribution in [0.2, 0.25) is 0 Å². The number of nitrogens with zero attached hydrogens (tertiary/aromatic N) is 3. The lowest BCUT2D eigenvalue weighted by atomic mass is 10.1. The van der Waals surface area contributed by atoms with E-state index in [-0.39, 0.29) is 37.1 Å². The maximum atomic E-state index is 13.3. The van der Waals surface area contributed by atoms with Gasteiger partial charge in [-0.25, -0.2) is 9.18 Å². The van der Waals surface area contributed by atoms with Gasteiger partial charge in [-0.05, 0) is 31.2 Å². The van der Waals surface area contributed by atoms with Gasteiger partial charge in [0.15, 0.2) is 5.16 Å². The van der Waals surface area contributed by atoms with Crippen molar-refractivity contribution in [3.8, 4) is 5.69 Å². The molecule has 1 unspecified atom stereocenters. The highest BCUT2D eigenvalue weighted by atomic mass is 32.2. The molecule has 0 bridgehead atoms. The molecule has 1 fully saturated rings. The van der Waals surface area contributed by atoms with Crippen LogP contribution >= 0.6 is 11.8 Å². The summed E-state index contributed by atoms with van der Waals surface area (Å²) in [5.74, 6) is -0.652. The molecule has 3 rings (SSSR count). The van der Waals surface area contributed by atoms with Gasteiger partial charge in [0.25, 0.3) is 0 Å². The molecule has 0 saturated carbocycles. The van der Waals surface area contributed by atoms with Crippen molar-refractivity contribution in [2.24, 2.45) is 0 Å². The Balaban J connectivity index is 1.86. The number of benzene rings is 1. The van der Waals surface area contributed by atoms with E-state index in [0.29, 0.717) is 16.7 Å². The Morgan fingerprint density at radius 3 is 2.75 bits per heavy atom. The first-order valence-corrected chi connectivity index (χ1v) is 9.53. The average molecular weight is 407 g/mol. The number of esters is 1. The summed E-state index contributed by atoms with van der Waals surface area (Å²) < 4.78 is 19.9. The van der Waals surface area contributed by atoms with Crippen LogP contribution in [0, 0.1) is 5.82 Å². The quantitative estimate of drug-likeness (QED) is 0.523. The summed E-state index contributed by atoms with van der Waals surface area (Å²) in [6, 6.07) is 4.70. The van der Waals surface area contributed by atoms with Gasteiger partial charge in [0, 0.05) is 24.6 Å². The molecule has 1 atom stereocenters. The van der Waals surface area contributed by atoms with E-state index in [2.05, 4.69) is 20.8 Å². The van der Waals surface area contributed by atoms with E-state index in [1.165, 1.54) is 12.1 Å². The summed E-state index contributed by atoms with van der Waals surface area (Å²) in [6.07, 6.45) is 0.344. The predicted molar refractivity (Wildman–Crippen MR) is 97.5 cm³/mol. The van der Waals surface area contributed by atoms with E-state index in [9.17, 15) is 18.8 Å². The fraction of sp³-hybridized carbons (Fsp3) is 0.353. The summed E-state index contributed by atoms with van der Waals surface area (Å²) in [7, 11) is 0. The Kier molecular flexibility index (Phi) is 6.24. The van der Waals surface area contributed by atoms with Gasteiger partial charge in [0.05, 0.1) is 12.4 Å². The van der Waals surface area contributed by atoms with Gasteiger partial charge in [-0.2, -0.15) is 0 Å². The van der Waals surface area contributed by atoms with Crippen molar-refractivity contribution in [1.29, 1.82) is 0 Å². The fourth-order valence-corrected chi connectivity index (χ4v) is 3.49. The molecule has 0 aliphatic carbocycles. The van der Waals surface area contributed by atoms with Crippen molar-refractivity contribution in [1.82, 2.24) is 25.4 Å². The first-order valence-electron chi connectivity index (χ1n) is 8.55. The number of ether oxygens (including phenoxy) is 1. The number of carbonyl (C=O) groups is 3. The Morgan fingerprint density at radius 1 is 1.32 bits per heavy atom. The molecule has 0 spiro atoms. The number of thioether (sulfide) groups is 1. The molecule has 2 aromatic rings. The lowest BCUT2D eigenvalue weighted by Gasteiger charge is -2.23. The molecule has 1 aromatic carbocycles. The van der Waals surface area contributed by atoms with Gasteiger partial charge < -0.3 is 10.1 Å². The van der Waals surface area contributed by atoms with Crippen LogP contribution in [-0.4, -0.2) is 51.1 Å². The predicted octanol–water partition coefficient (Wildman–Crippen LogP) is 1.20. The van der Waals surface area contributed by atoms with Crippen molar-refractivity contribution in [2.75, 3.05) is 12.4 Å². The van der Waals surface area contributed by atoms with Crippen molar-refractivity contribution < 1.29 is 23.5 Å². The molecule has 11 heteroatoms. The normalized spacial score (nSPS) is 16.4. The standard InChI is InChI=1S/C17H18FN5O4S/c1-2-27-15(25)9-28-17-22-21-13(7-11-8-14(24)20-16(26)19-11)23(17)12-5-3-10(18)4-6-12/h3-6,11H,2,7-9H2,1H3,(H2,19,20,24,26). The van der Waals surface area contributed by atoms with Crippen LogP contribution in [0.25, 0.3) is 5.69 Å². The molecule has 9 nitrogen and oxygen atoms in total. The molecule has 1 aliphatic rings. The minimum Gasteiger partial charge on any atom is -0.465 e. The van der Waals surface area contributed by atoms with E-state index >= 15 is 0 Å². The molecule has 1 aromatic heterocycles. The van der Waals surface area contributed by atoms with Crippen molar-refractivity contribution in [3.63, 3.8) is 0 Å². The Bertz CT molecular complexity index is 870. The highest BCUT2D eigenvalue weighted by molar-refractivity contribution is 7.99. The SMILES string of the molecule is CCOC(=O)CSc1nnc(CC2CC(=O)NC(=O)N2)n1-c1ccc(F)cc1. The summed E-state index contributed by atoms with van der Waals surface area (Å²) in [5, 5.41) is 13.5. The van der Waals surface area contributed by atoms with Crippen LogP contribution in [0.15, 0.2) is 29.4 Å². The van der Waals surface area contributed by atoms with Gasteiger partial charge in [0.2, 0.25) is 5.91 Å². The maximum absolute atomic E-state index is 13.3. The lowest BCUT2D eigenvalue weighted by Crippen LogP contribution is -2.53. The Hall–Kier alpha value is -2.95. The summed E-state index contributed by atoms with van der Waals surface area (Å²) >= 11 is 1.13. The lowest BCUT2D eigenvalue weighted by molar-refractivity contribution is -0.139.